The highest BCUT2D eigenvalue weighted by Gasteiger charge is 2.16. The van der Waals surface area contributed by atoms with E-state index in [-0.39, 0.29) is 5.78 Å². The maximum absolute atomic E-state index is 12.1. The van der Waals surface area contributed by atoms with E-state index in [2.05, 4.69) is 13.8 Å². The van der Waals surface area contributed by atoms with Crippen LogP contribution in [0.1, 0.15) is 94.0 Å². The van der Waals surface area contributed by atoms with Crippen molar-refractivity contribution in [2.75, 3.05) is 0 Å². The number of aliphatic hydroxyl groups excluding tert-OH is 1. The van der Waals surface area contributed by atoms with Crippen molar-refractivity contribution in [3.05, 3.63) is 35.4 Å². The fourth-order valence-electron chi connectivity index (χ4n) is 2.84. The van der Waals surface area contributed by atoms with Gasteiger partial charge in [-0.25, -0.2) is 0 Å². The van der Waals surface area contributed by atoms with Crippen molar-refractivity contribution < 1.29 is 9.90 Å². The highest BCUT2D eigenvalue weighted by atomic mass is 16.3. The van der Waals surface area contributed by atoms with Gasteiger partial charge in [-0.2, -0.15) is 0 Å². The Kier molecular flexibility index (Phi) is 10.6. The number of aliphatic hydroxyl groups is 1. The summed E-state index contributed by atoms with van der Waals surface area (Å²) in [5.41, 5.74) is 1.93. The topological polar surface area (TPSA) is 37.3 Å². The summed E-state index contributed by atoms with van der Waals surface area (Å²) in [6, 6.07) is 7.82. The van der Waals surface area contributed by atoms with Gasteiger partial charge in [-0.3, -0.25) is 4.79 Å². The zero-order chi connectivity index (χ0) is 16.9. The molecule has 130 valence electrons. The summed E-state index contributed by atoms with van der Waals surface area (Å²) >= 11 is 0. The first-order chi connectivity index (χ1) is 11.2. The minimum atomic E-state index is -0.844. The van der Waals surface area contributed by atoms with Crippen LogP contribution in [-0.2, 0) is 6.42 Å². The molecule has 2 nitrogen and oxygen atoms in total. The van der Waals surface area contributed by atoms with Crippen LogP contribution in [0.25, 0.3) is 0 Å². The van der Waals surface area contributed by atoms with Gasteiger partial charge in [0.05, 0.1) is 0 Å². The Morgan fingerprint density at radius 3 is 2.04 bits per heavy atom. The van der Waals surface area contributed by atoms with Crippen LogP contribution >= 0.6 is 0 Å². The number of Topliss-reactive ketones (excluding diaryl/α,β-unsaturated/α-hetero) is 1. The molecular formula is C21H34O2. The third-order valence-electron chi connectivity index (χ3n) is 4.44. The van der Waals surface area contributed by atoms with Crippen LogP contribution in [0.3, 0.4) is 0 Å². The summed E-state index contributed by atoms with van der Waals surface area (Å²) in [5, 5.41) is 9.88. The Labute approximate surface area is 142 Å². The largest absolute Gasteiger partial charge is 0.385 e. The Morgan fingerprint density at radius 1 is 0.870 bits per heavy atom. The Morgan fingerprint density at radius 2 is 1.43 bits per heavy atom. The summed E-state index contributed by atoms with van der Waals surface area (Å²) in [5.74, 6) is -0.138. The maximum atomic E-state index is 12.1. The third-order valence-corrected chi connectivity index (χ3v) is 4.44. The van der Waals surface area contributed by atoms with Crippen molar-refractivity contribution in [3.63, 3.8) is 0 Å². The molecule has 0 aliphatic rings. The van der Waals surface area contributed by atoms with Gasteiger partial charge in [-0.15, -0.1) is 0 Å². The molecule has 23 heavy (non-hydrogen) atoms. The molecule has 1 aromatic rings. The summed E-state index contributed by atoms with van der Waals surface area (Å²) in [7, 11) is 0. The van der Waals surface area contributed by atoms with Crippen LogP contribution < -0.4 is 0 Å². The van der Waals surface area contributed by atoms with E-state index >= 15 is 0 Å². The Hall–Kier alpha value is -1.15. The molecule has 0 saturated heterocycles. The van der Waals surface area contributed by atoms with Gasteiger partial charge in [0.25, 0.3) is 0 Å². The minimum absolute atomic E-state index is 0.138. The molecular weight excluding hydrogens is 284 g/mol. The van der Waals surface area contributed by atoms with Gasteiger partial charge in [-0.05, 0) is 24.8 Å². The highest BCUT2D eigenvalue weighted by Crippen LogP contribution is 2.14. The monoisotopic (exact) mass is 318 g/mol. The number of ketones is 1. The van der Waals surface area contributed by atoms with Crippen LogP contribution in [0.15, 0.2) is 24.3 Å². The highest BCUT2D eigenvalue weighted by molar-refractivity contribution is 5.99. The van der Waals surface area contributed by atoms with E-state index < -0.39 is 6.10 Å². The second kappa shape index (κ2) is 12.3. The van der Waals surface area contributed by atoms with Crippen LogP contribution in [-0.4, -0.2) is 17.0 Å². The molecule has 1 rings (SSSR count). The normalized spacial score (nSPS) is 12.3. The van der Waals surface area contributed by atoms with E-state index in [0.717, 1.165) is 19.3 Å². The van der Waals surface area contributed by atoms with Gasteiger partial charge in [0.1, 0.15) is 6.10 Å². The van der Waals surface area contributed by atoms with Crippen molar-refractivity contribution in [2.24, 2.45) is 0 Å². The maximum Gasteiger partial charge on any atom is 0.191 e. The van der Waals surface area contributed by atoms with E-state index in [1.807, 2.05) is 24.3 Å². The molecule has 2 heteroatoms. The molecule has 1 aromatic carbocycles. The lowest BCUT2D eigenvalue weighted by molar-refractivity contribution is 0.0726. The van der Waals surface area contributed by atoms with Gasteiger partial charge < -0.3 is 5.11 Å². The molecule has 0 saturated carbocycles. The second-order valence-corrected chi connectivity index (χ2v) is 6.59. The van der Waals surface area contributed by atoms with Crippen molar-refractivity contribution in [1.29, 1.82) is 0 Å². The smallest absolute Gasteiger partial charge is 0.191 e. The summed E-state index contributed by atoms with van der Waals surface area (Å²) in [6.07, 6.45) is 11.9. The lowest BCUT2D eigenvalue weighted by Gasteiger charge is -2.09. The predicted molar refractivity (Wildman–Crippen MR) is 98.0 cm³/mol. The standard InChI is InChI=1S/C21H34O2/c1-3-5-7-8-9-10-11-12-18-14-16-19(17-15-18)21(23)20(22)13-6-4-2/h14-17,20,22H,3-13H2,1-2H3. The van der Waals surface area contributed by atoms with Crippen LogP contribution in [0, 0.1) is 0 Å². The number of carbonyl (C=O) groups is 1. The van der Waals surface area contributed by atoms with Gasteiger partial charge in [0.15, 0.2) is 5.78 Å². The fraction of sp³-hybridized carbons (Fsp3) is 0.667. The van der Waals surface area contributed by atoms with E-state index in [4.69, 9.17) is 0 Å². The molecule has 0 radical (unpaired) electrons. The zero-order valence-corrected chi connectivity index (χ0v) is 15.0. The summed E-state index contributed by atoms with van der Waals surface area (Å²) in [4.78, 5) is 12.1. The second-order valence-electron chi connectivity index (χ2n) is 6.59. The minimum Gasteiger partial charge on any atom is -0.385 e. The lowest BCUT2D eigenvalue weighted by Crippen LogP contribution is -2.20. The van der Waals surface area contributed by atoms with Crippen LogP contribution in [0.5, 0.6) is 0 Å². The first-order valence-electron chi connectivity index (χ1n) is 9.50. The van der Waals surface area contributed by atoms with Gasteiger partial charge in [0.2, 0.25) is 0 Å². The number of hydrogen-bond donors (Lipinski definition) is 1. The number of rotatable bonds is 13. The van der Waals surface area contributed by atoms with Crippen molar-refractivity contribution >= 4 is 5.78 Å². The zero-order valence-electron chi connectivity index (χ0n) is 15.0. The molecule has 0 fully saturated rings. The van der Waals surface area contributed by atoms with Gasteiger partial charge in [-0.1, -0.05) is 89.5 Å². The predicted octanol–water partition coefficient (Wildman–Crippen LogP) is 5.71. The number of aryl methyl sites for hydroxylation is 1. The molecule has 1 atom stereocenters. The molecule has 0 spiro atoms. The number of benzene rings is 1. The van der Waals surface area contributed by atoms with E-state index in [1.165, 1.54) is 50.5 Å². The summed E-state index contributed by atoms with van der Waals surface area (Å²) in [6.45, 7) is 4.31. The Balaban J connectivity index is 2.28. The summed E-state index contributed by atoms with van der Waals surface area (Å²) < 4.78 is 0. The van der Waals surface area contributed by atoms with E-state index in [9.17, 15) is 9.90 Å². The van der Waals surface area contributed by atoms with Gasteiger partial charge in [0, 0.05) is 5.56 Å². The van der Waals surface area contributed by atoms with E-state index in [1.54, 1.807) is 0 Å². The molecule has 0 aromatic heterocycles. The molecule has 0 bridgehead atoms. The fourth-order valence-corrected chi connectivity index (χ4v) is 2.84. The molecule has 0 heterocycles. The number of hydrogen-bond acceptors (Lipinski definition) is 2. The molecule has 0 amide bonds. The molecule has 0 aliphatic carbocycles. The molecule has 0 aliphatic heterocycles. The van der Waals surface area contributed by atoms with E-state index in [0.29, 0.717) is 12.0 Å². The average Bonchev–Trinajstić information content (AvgIpc) is 2.58. The first-order valence-corrected chi connectivity index (χ1v) is 9.50. The third kappa shape index (κ3) is 8.31. The SMILES string of the molecule is CCCCCCCCCc1ccc(C(=O)C(O)CCCC)cc1. The Bertz CT molecular complexity index is 422. The molecule has 1 unspecified atom stereocenters. The first kappa shape index (κ1) is 19.9. The number of carbonyl (C=O) groups excluding carboxylic acids is 1. The lowest BCUT2D eigenvalue weighted by atomic mass is 9.99. The average molecular weight is 319 g/mol. The molecule has 1 N–H and O–H groups in total. The van der Waals surface area contributed by atoms with Crippen LogP contribution in [0.2, 0.25) is 0 Å². The van der Waals surface area contributed by atoms with Crippen LogP contribution in [0.4, 0.5) is 0 Å². The van der Waals surface area contributed by atoms with Crippen molar-refractivity contribution in [2.45, 2.75) is 90.6 Å². The van der Waals surface area contributed by atoms with Crippen molar-refractivity contribution in [3.8, 4) is 0 Å². The number of unbranched alkanes of at least 4 members (excludes halogenated alkanes) is 7. The van der Waals surface area contributed by atoms with Gasteiger partial charge >= 0.3 is 0 Å². The quantitative estimate of drug-likeness (QED) is 0.373. The van der Waals surface area contributed by atoms with Crippen molar-refractivity contribution in [1.82, 2.24) is 0 Å².